The minimum Gasteiger partial charge on any atom is -0.449 e. The minimum atomic E-state index is -1.10. The number of benzene rings is 2. The summed E-state index contributed by atoms with van der Waals surface area (Å²) in [6, 6.07) is 9.48. The lowest BCUT2D eigenvalue weighted by Gasteiger charge is -2.29. The maximum Gasteiger partial charge on any atom is 0.338 e. The van der Waals surface area contributed by atoms with Gasteiger partial charge in [0.25, 0.3) is 17.7 Å². The molecular formula is C26H27FN2O5. The Morgan fingerprint density at radius 3 is 2.29 bits per heavy atom. The van der Waals surface area contributed by atoms with Gasteiger partial charge in [-0.25, -0.2) is 9.18 Å². The van der Waals surface area contributed by atoms with Gasteiger partial charge >= 0.3 is 5.97 Å². The van der Waals surface area contributed by atoms with Gasteiger partial charge in [0.2, 0.25) is 0 Å². The van der Waals surface area contributed by atoms with Crippen LogP contribution in [0, 0.1) is 5.82 Å². The van der Waals surface area contributed by atoms with Crippen molar-refractivity contribution >= 4 is 23.7 Å². The van der Waals surface area contributed by atoms with Crippen molar-refractivity contribution in [1.82, 2.24) is 10.2 Å². The molecular weight excluding hydrogens is 439 g/mol. The maximum absolute atomic E-state index is 13.1. The Bertz CT molecular complexity index is 1120. The van der Waals surface area contributed by atoms with Crippen LogP contribution in [0.5, 0.6) is 0 Å². The third kappa shape index (κ3) is 4.71. The lowest BCUT2D eigenvalue weighted by molar-refractivity contribution is -0.129. The number of rotatable bonds is 6. The van der Waals surface area contributed by atoms with Gasteiger partial charge in [0.15, 0.2) is 6.10 Å². The van der Waals surface area contributed by atoms with Crippen LogP contribution in [0.2, 0.25) is 0 Å². The van der Waals surface area contributed by atoms with Crippen molar-refractivity contribution in [1.29, 1.82) is 0 Å². The fourth-order valence-electron chi connectivity index (χ4n) is 4.50. The average Bonchev–Trinajstić information content (AvgIpc) is 3.09. The van der Waals surface area contributed by atoms with Crippen LogP contribution in [0.3, 0.4) is 0 Å². The van der Waals surface area contributed by atoms with Gasteiger partial charge in [-0.1, -0.05) is 31.4 Å². The third-order valence-corrected chi connectivity index (χ3v) is 6.48. The van der Waals surface area contributed by atoms with E-state index in [9.17, 15) is 23.6 Å². The van der Waals surface area contributed by atoms with Crippen molar-refractivity contribution in [2.24, 2.45) is 0 Å². The molecule has 4 rings (SSSR count). The Morgan fingerprint density at radius 2 is 1.62 bits per heavy atom. The van der Waals surface area contributed by atoms with Crippen LogP contribution < -0.4 is 5.32 Å². The molecule has 2 aliphatic rings. The first-order valence-corrected chi connectivity index (χ1v) is 11.5. The molecule has 1 heterocycles. The summed E-state index contributed by atoms with van der Waals surface area (Å²) in [5.41, 5.74) is 1.27. The summed E-state index contributed by atoms with van der Waals surface area (Å²) in [5.74, 6) is -2.37. The highest BCUT2D eigenvalue weighted by Crippen LogP contribution is 2.31. The number of fused-ring (bicyclic) bond motifs is 1. The summed E-state index contributed by atoms with van der Waals surface area (Å²) in [6.45, 7) is 3.18. The number of imide groups is 1. The second-order valence-corrected chi connectivity index (χ2v) is 8.86. The topological polar surface area (TPSA) is 92.8 Å². The number of carbonyl (C=O) groups is 4. The second kappa shape index (κ2) is 9.75. The van der Waals surface area contributed by atoms with Crippen LogP contribution in [0.25, 0.3) is 0 Å². The highest BCUT2D eigenvalue weighted by atomic mass is 19.1. The highest BCUT2D eigenvalue weighted by Gasteiger charge is 2.40. The molecule has 178 valence electrons. The van der Waals surface area contributed by atoms with Crippen LogP contribution >= 0.6 is 0 Å². The van der Waals surface area contributed by atoms with Crippen LogP contribution in [-0.2, 0) is 9.53 Å². The maximum atomic E-state index is 13.1. The van der Waals surface area contributed by atoms with E-state index in [1.165, 1.54) is 42.2 Å². The van der Waals surface area contributed by atoms with Gasteiger partial charge in [0.05, 0.1) is 22.7 Å². The Hall–Kier alpha value is -3.55. The van der Waals surface area contributed by atoms with E-state index in [1.807, 2.05) is 0 Å². The lowest BCUT2D eigenvalue weighted by Crippen LogP contribution is -2.40. The zero-order chi connectivity index (χ0) is 24.4. The quantitative estimate of drug-likeness (QED) is 0.509. The van der Waals surface area contributed by atoms with Gasteiger partial charge in [-0.15, -0.1) is 0 Å². The van der Waals surface area contributed by atoms with Gasteiger partial charge in [0.1, 0.15) is 5.82 Å². The number of hydrogen-bond acceptors (Lipinski definition) is 5. The Kier molecular flexibility index (Phi) is 6.77. The van der Waals surface area contributed by atoms with E-state index in [-0.39, 0.29) is 40.4 Å². The van der Waals surface area contributed by atoms with E-state index in [0.29, 0.717) is 5.56 Å². The Balaban J connectivity index is 1.40. The molecule has 8 heteroatoms. The molecule has 0 spiro atoms. The number of halogens is 1. The molecule has 0 radical (unpaired) electrons. The van der Waals surface area contributed by atoms with Gasteiger partial charge in [-0.3, -0.25) is 19.3 Å². The SMILES string of the molecule is C[C@@H](OC(=O)c1ccc2c(c1)C(=O)N(C1CCCCC1)C2=O)C(=O)N[C@H](C)c1ccc(F)cc1. The van der Waals surface area contributed by atoms with Crippen LogP contribution in [0.4, 0.5) is 4.39 Å². The predicted octanol–water partition coefficient (Wildman–Crippen LogP) is 4.18. The summed E-state index contributed by atoms with van der Waals surface area (Å²) in [7, 11) is 0. The molecule has 1 aliphatic carbocycles. The zero-order valence-electron chi connectivity index (χ0n) is 19.2. The summed E-state index contributed by atoms with van der Waals surface area (Å²) >= 11 is 0. The molecule has 1 saturated carbocycles. The molecule has 2 aromatic carbocycles. The normalized spacial score (nSPS) is 17.8. The summed E-state index contributed by atoms with van der Waals surface area (Å²) in [6.07, 6.45) is 3.56. The van der Waals surface area contributed by atoms with Crippen LogP contribution in [0.1, 0.15) is 88.6 Å². The van der Waals surface area contributed by atoms with E-state index in [2.05, 4.69) is 5.32 Å². The molecule has 1 N–H and O–H groups in total. The second-order valence-electron chi connectivity index (χ2n) is 8.86. The van der Waals surface area contributed by atoms with Crippen LogP contribution in [-0.4, -0.2) is 40.7 Å². The van der Waals surface area contributed by atoms with Crippen molar-refractivity contribution in [3.8, 4) is 0 Å². The van der Waals surface area contributed by atoms with Crippen molar-refractivity contribution in [3.63, 3.8) is 0 Å². The summed E-state index contributed by atoms with van der Waals surface area (Å²) in [4.78, 5) is 52.3. The van der Waals surface area contributed by atoms with Gasteiger partial charge in [-0.2, -0.15) is 0 Å². The van der Waals surface area contributed by atoms with Gasteiger partial charge < -0.3 is 10.1 Å². The molecule has 34 heavy (non-hydrogen) atoms. The minimum absolute atomic E-state index is 0.0941. The van der Waals surface area contributed by atoms with Gasteiger partial charge in [0, 0.05) is 6.04 Å². The van der Waals surface area contributed by atoms with Crippen molar-refractivity contribution in [2.75, 3.05) is 0 Å². The fraction of sp³-hybridized carbons (Fsp3) is 0.385. The standard InChI is InChI=1S/C26H27FN2O5/c1-15(17-8-11-19(27)12-9-17)28-23(30)16(2)34-26(33)18-10-13-21-22(14-18)25(32)29(24(21)31)20-6-4-3-5-7-20/h8-16,20H,3-7H2,1-2H3,(H,28,30)/t15-,16-/m1/s1. The number of esters is 1. The monoisotopic (exact) mass is 466 g/mol. The van der Waals surface area contributed by atoms with E-state index in [4.69, 9.17) is 4.74 Å². The van der Waals surface area contributed by atoms with E-state index in [0.717, 1.165) is 32.1 Å². The number of nitrogens with one attached hydrogen (secondary N) is 1. The molecule has 0 unspecified atom stereocenters. The lowest BCUT2D eigenvalue weighted by atomic mass is 9.94. The average molecular weight is 467 g/mol. The van der Waals surface area contributed by atoms with Gasteiger partial charge in [-0.05, 0) is 62.6 Å². The third-order valence-electron chi connectivity index (χ3n) is 6.48. The molecule has 2 atom stereocenters. The predicted molar refractivity (Wildman–Crippen MR) is 122 cm³/mol. The molecule has 1 aliphatic heterocycles. The largest absolute Gasteiger partial charge is 0.449 e. The zero-order valence-corrected chi connectivity index (χ0v) is 19.2. The van der Waals surface area contributed by atoms with Crippen LogP contribution in [0.15, 0.2) is 42.5 Å². The first kappa shape index (κ1) is 23.6. The summed E-state index contributed by atoms with van der Waals surface area (Å²) in [5, 5.41) is 2.72. The molecule has 0 aromatic heterocycles. The van der Waals surface area contributed by atoms with Crippen molar-refractivity contribution in [3.05, 3.63) is 70.5 Å². The smallest absolute Gasteiger partial charge is 0.338 e. The molecule has 0 bridgehead atoms. The number of amides is 3. The number of ether oxygens (including phenoxy) is 1. The first-order valence-electron chi connectivity index (χ1n) is 11.5. The van der Waals surface area contributed by atoms with Crippen molar-refractivity contribution in [2.45, 2.75) is 64.1 Å². The molecule has 2 aromatic rings. The first-order chi connectivity index (χ1) is 16.3. The highest BCUT2D eigenvalue weighted by molar-refractivity contribution is 6.22. The Labute approximate surface area is 197 Å². The summed E-state index contributed by atoms with van der Waals surface area (Å²) < 4.78 is 18.4. The van der Waals surface area contributed by atoms with Crippen molar-refractivity contribution < 1.29 is 28.3 Å². The molecule has 3 amide bonds. The molecule has 0 saturated heterocycles. The van der Waals surface area contributed by atoms with E-state index >= 15 is 0 Å². The number of carbonyl (C=O) groups excluding carboxylic acids is 4. The van der Waals surface area contributed by atoms with E-state index in [1.54, 1.807) is 19.1 Å². The number of hydrogen-bond donors (Lipinski definition) is 1. The number of nitrogens with zero attached hydrogens (tertiary/aromatic N) is 1. The molecule has 7 nitrogen and oxygen atoms in total. The van der Waals surface area contributed by atoms with E-state index < -0.39 is 24.0 Å². The fourth-order valence-corrected chi connectivity index (χ4v) is 4.50. The Morgan fingerprint density at radius 1 is 0.971 bits per heavy atom. The molecule has 1 fully saturated rings.